The fraction of sp³-hybridized carbons (Fsp3) is 0.385. The molecular weight excluding hydrogens is 524 g/mol. The number of hydrogen-bond donors (Lipinski definition) is 0. The maximum atomic E-state index is 11.7. The van der Waals surface area contributed by atoms with Crippen molar-refractivity contribution in [1.29, 1.82) is 0 Å². The molecule has 4 aromatic rings. The third kappa shape index (κ3) is 8.81. The number of hydrogen-bond acceptors (Lipinski definition) is 12. The second-order valence-corrected chi connectivity index (χ2v) is 8.62. The Morgan fingerprint density at radius 2 is 1.30 bits per heavy atom. The minimum Gasteiger partial charge on any atom is -0.464 e. The third-order valence-electron chi connectivity index (χ3n) is 4.67. The minimum atomic E-state index is -0.585. The second-order valence-electron chi connectivity index (χ2n) is 8.62. The van der Waals surface area contributed by atoms with Crippen molar-refractivity contribution in [2.75, 3.05) is 14.2 Å². The van der Waals surface area contributed by atoms with Gasteiger partial charge in [0.1, 0.15) is 11.0 Å². The molecule has 0 saturated heterocycles. The van der Waals surface area contributed by atoms with Gasteiger partial charge in [-0.05, 0) is 29.7 Å². The van der Waals surface area contributed by atoms with Gasteiger partial charge in [-0.25, -0.2) is 14.3 Å². The Balaban J connectivity index is 0.000000663. The van der Waals surface area contributed by atoms with Crippen LogP contribution in [0.25, 0.3) is 22.1 Å². The number of pyridine rings is 2. The standard InChI is InChI=1S/C13H17N3O2.C10H9N3O4.CO2.2CH4/c1-13(2,3)8-16-9-6-5-7-14-10(9)11(15-16)12(17)18-4;1-16-10(15)9-8-7(3-2-4-11-8)13(12-9)5-17-6-14;2-1-3;;/h5-7H,8H2,1-4H3;2-4,6H,5H2,1H3;;2*1H4. The van der Waals surface area contributed by atoms with E-state index in [9.17, 15) is 14.4 Å². The zero-order valence-electron chi connectivity index (χ0n) is 21.4. The molecule has 0 aliphatic carbocycles. The molecule has 0 bridgehead atoms. The molecule has 0 atom stereocenters. The summed E-state index contributed by atoms with van der Waals surface area (Å²) >= 11 is 0. The van der Waals surface area contributed by atoms with Gasteiger partial charge in [-0.15, -0.1) is 0 Å². The second kappa shape index (κ2) is 16.1. The van der Waals surface area contributed by atoms with Crippen LogP contribution < -0.4 is 0 Å². The van der Waals surface area contributed by atoms with Crippen LogP contribution in [0.1, 0.15) is 56.6 Å². The molecule has 4 rings (SSSR count). The molecule has 4 aromatic heterocycles. The smallest absolute Gasteiger partial charge is 0.373 e. The lowest BCUT2D eigenvalue weighted by molar-refractivity contribution is -0.191. The molecule has 0 spiro atoms. The zero-order valence-corrected chi connectivity index (χ0v) is 21.4. The molecule has 4 heterocycles. The lowest BCUT2D eigenvalue weighted by atomic mass is 9.97. The Hall–Kier alpha value is -4.97. The maximum Gasteiger partial charge on any atom is 0.373 e. The minimum absolute atomic E-state index is 0. The molecule has 0 unspecified atom stereocenters. The van der Waals surface area contributed by atoms with Crippen LogP contribution in [0.5, 0.6) is 0 Å². The number of carbonyl (C=O) groups excluding carboxylic acids is 5. The van der Waals surface area contributed by atoms with Crippen LogP contribution in [0.3, 0.4) is 0 Å². The summed E-state index contributed by atoms with van der Waals surface area (Å²) < 4.78 is 17.1. The van der Waals surface area contributed by atoms with Gasteiger partial charge < -0.3 is 14.2 Å². The van der Waals surface area contributed by atoms with Crippen LogP contribution in [0.2, 0.25) is 0 Å². The number of nitrogens with zero attached hydrogens (tertiary/aromatic N) is 6. The van der Waals surface area contributed by atoms with Crippen LogP contribution in [-0.4, -0.2) is 68.3 Å². The molecule has 0 aliphatic rings. The predicted octanol–water partition coefficient (Wildman–Crippen LogP) is 3.30. The molecule has 0 amide bonds. The summed E-state index contributed by atoms with van der Waals surface area (Å²) in [6.07, 6.45) is 3.44. The van der Waals surface area contributed by atoms with Crippen molar-refractivity contribution in [3.05, 3.63) is 48.0 Å². The first kappa shape index (κ1) is 35.0. The van der Waals surface area contributed by atoms with Crippen molar-refractivity contribution in [3.63, 3.8) is 0 Å². The summed E-state index contributed by atoms with van der Waals surface area (Å²) in [5.74, 6) is -1.04. The van der Waals surface area contributed by atoms with Gasteiger partial charge in [0.25, 0.3) is 6.47 Å². The van der Waals surface area contributed by atoms with E-state index in [1.165, 1.54) is 18.9 Å². The molecule has 14 heteroatoms. The van der Waals surface area contributed by atoms with Crippen molar-refractivity contribution in [2.24, 2.45) is 5.41 Å². The highest BCUT2D eigenvalue weighted by atomic mass is 16.5. The number of methoxy groups -OCH3 is 2. The molecule has 0 aliphatic heterocycles. The molecule has 0 aromatic carbocycles. The van der Waals surface area contributed by atoms with Crippen LogP contribution in [0, 0.1) is 5.41 Å². The highest BCUT2D eigenvalue weighted by molar-refractivity contribution is 6.00. The van der Waals surface area contributed by atoms with Crippen molar-refractivity contribution in [2.45, 2.75) is 48.9 Å². The van der Waals surface area contributed by atoms with Gasteiger partial charge in [-0.1, -0.05) is 35.6 Å². The van der Waals surface area contributed by atoms with Crippen LogP contribution >= 0.6 is 0 Å². The Kier molecular flexibility index (Phi) is 14.1. The summed E-state index contributed by atoms with van der Waals surface area (Å²) in [6, 6.07) is 7.16. The van der Waals surface area contributed by atoms with Gasteiger partial charge in [0.2, 0.25) is 0 Å². The number of aromatic nitrogens is 6. The molecule has 0 fully saturated rings. The quantitative estimate of drug-likeness (QED) is 0.192. The topological polar surface area (TPSA) is 174 Å². The van der Waals surface area contributed by atoms with Gasteiger partial charge in [0, 0.05) is 18.9 Å². The average molecular weight is 559 g/mol. The van der Waals surface area contributed by atoms with E-state index in [-0.39, 0.29) is 44.5 Å². The molecule has 0 N–H and O–H groups in total. The first-order valence-electron chi connectivity index (χ1n) is 11.0. The number of ether oxygens (including phenoxy) is 3. The fourth-order valence-corrected chi connectivity index (χ4v) is 3.26. The van der Waals surface area contributed by atoms with Gasteiger partial charge in [0.15, 0.2) is 18.1 Å². The highest BCUT2D eigenvalue weighted by Crippen LogP contribution is 2.22. The van der Waals surface area contributed by atoms with E-state index in [0.29, 0.717) is 29.6 Å². The summed E-state index contributed by atoms with van der Waals surface area (Å²) in [7, 11) is 2.61. The monoisotopic (exact) mass is 558 g/mol. The van der Waals surface area contributed by atoms with Gasteiger partial charge >= 0.3 is 18.1 Å². The van der Waals surface area contributed by atoms with Gasteiger partial charge in [-0.2, -0.15) is 19.8 Å². The van der Waals surface area contributed by atoms with Crippen molar-refractivity contribution < 1.29 is 38.2 Å². The first-order valence-corrected chi connectivity index (χ1v) is 11.0. The number of carbonyl (C=O) groups is 3. The molecule has 216 valence electrons. The average Bonchev–Trinajstić information content (AvgIpc) is 3.45. The van der Waals surface area contributed by atoms with Gasteiger partial charge in [-0.3, -0.25) is 19.4 Å². The number of fused-ring (bicyclic) bond motifs is 2. The zero-order chi connectivity index (χ0) is 28.3. The summed E-state index contributed by atoms with van der Waals surface area (Å²) in [5, 5.41) is 8.32. The van der Waals surface area contributed by atoms with Crippen LogP contribution in [0.15, 0.2) is 36.7 Å². The first-order chi connectivity index (χ1) is 18.1. The Labute approximate surface area is 231 Å². The van der Waals surface area contributed by atoms with Crippen LogP contribution in [-0.2, 0) is 41.9 Å². The van der Waals surface area contributed by atoms with E-state index in [1.54, 1.807) is 24.5 Å². The summed E-state index contributed by atoms with van der Waals surface area (Å²) in [6.45, 7) is 7.30. The highest BCUT2D eigenvalue weighted by Gasteiger charge is 2.21. The third-order valence-corrected chi connectivity index (χ3v) is 4.67. The fourth-order valence-electron chi connectivity index (χ4n) is 3.26. The largest absolute Gasteiger partial charge is 0.464 e. The van der Waals surface area contributed by atoms with E-state index >= 15 is 0 Å². The number of rotatable bonds is 6. The molecule has 40 heavy (non-hydrogen) atoms. The molecule has 14 nitrogen and oxygen atoms in total. The summed E-state index contributed by atoms with van der Waals surface area (Å²) in [5.41, 5.74) is 2.89. The normalized spacial score (nSPS) is 9.82. The molecule has 0 saturated carbocycles. The Morgan fingerprint density at radius 1 is 0.875 bits per heavy atom. The summed E-state index contributed by atoms with van der Waals surface area (Å²) in [4.78, 5) is 57.8. The van der Waals surface area contributed by atoms with Crippen molar-refractivity contribution >= 4 is 46.6 Å². The van der Waals surface area contributed by atoms with E-state index in [2.05, 4.69) is 50.4 Å². The number of esters is 2. The Bertz CT molecular complexity index is 1450. The lowest BCUT2D eigenvalue weighted by Gasteiger charge is -2.18. The molecular formula is C26H34N6O8. The maximum absolute atomic E-state index is 11.7. The van der Waals surface area contributed by atoms with E-state index in [0.717, 1.165) is 5.52 Å². The van der Waals surface area contributed by atoms with E-state index in [4.69, 9.17) is 14.3 Å². The van der Waals surface area contributed by atoms with Crippen molar-refractivity contribution in [3.8, 4) is 0 Å². The van der Waals surface area contributed by atoms with E-state index in [1.807, 2.05) is 16.8 Å². The predicted molar refractivity (Wildman–Crippen MR) is 143 cm³/mol. The van der Waals surface area contributed by atoms with Crippen LogP contribution in [0.4, 0.5) is 0 Å². The van der Waals surface area contributed by atoms with Crippen molar-refractivity contribution in [1.82, 2.24) is 29.5 Å². The van der Waals surface area contributed by atoms with Gasteiger partial charge in [0.05, 0.1) is 25.3 Å². The van der Waals surface area contributed by atoms with E-state index < -0.39 is 11.9 Å². The molecule has 0 radical (unpaired) electrons. The Morgan fingerprint density at radius 3 is 1.70 bits per heavy atom. The lowest BCUT2D eigenvalue weighted by Crippen LogP contribution is -2.17. The SMILES string of the molecule is C.C.COC(=O)c1nn(CC(C)(C)C)c2cccnc12.COC(=O)c1nn(COC=O)c2cccnc12.O=C=O.